The average molecular weight is 453 g/mol. The summed E-state index contributed by atoms with van der Waals surface area (Å²) in [6.07, 6.45) is 2.58. The van der Waals surface area contributed by atoms with Crippen molar-refractivity contribution in [3.63, 3.8) is 0 Å². The Hall–Kier alpha value is -2.90. The summed E-state index contributed by atoms with van der Waals surface area (Å²) in [5.41, 5.74) is 2.95. The van der Waals surface area contributed by atoms with Crippen molar-refractivity contribution in [3.05, 3.63) is 83.8 Å². The van der Waals surface area contributed by atoms with Gasteiger partial charge in [-0.3, -0.25) is 4.79 Å². The first-order valence-electron chi connectivity index (χ1n) is 10.8. The number of aryl methyl sites for hydroxylation is 2. The van der Waals surface area contributed by atoms with Gasteiger partial charge in [0, 0.05) is 24.7 Å². The molecule has 1 fully saturated rings. The summed E-state index contributed by atoms with van der Waals surface area (Å²) < 4.78 is 33.0. The molecule has 0 N–H and O–H groups in total. The smallest absolute Gasteiger partial charge is 0.243 e. The van der Waals surface area contributed by atoms with E-state index >= 15 is 0 Å². The van der Waals surface area contributed by atoms with E-state index in [4.69, 9.17) is 4.42 Å². The normalized spacial score (nSPS) is 15.6. The molecule has 1 aliphatic heterocycles. The van der Waals surface area contributed by atoms with Crippen molar-refractivity contribution in [2.45, 2.75) is 38.1 Å². The second kappa shape index (κ2) is 9.30. The van der Waals surface area contributed by atoms with E-state index in [0.29, 0.717) is 43.1 Å². The van der Waals surface area contributed by atoms with Crippen molar-refractivity contribution in [2.75, 3.05) is 18.0 Å². The first-order valence-corrected chi connectivity index (χ1v) is 12.3. The average Bonchev–Trinajstić information content (AvgIpc) is 3.31. The van der Waals surface area contributed by atoms with E-state index in [-0.39, 0.29) is 11.8 Å². The molecule has 1 amide bonds. The van der Waals surface area contributed by atoms with Gasteiger partial charge in [0.25, 0.3) is 0 Å². The summed E-state index contributed by atoms with van der Waals surface area (Å²) in [5.74, 6) is 0.465. The van der Waals surface area contributed by atoms with Gasteiger partial charge in [-0.05, 0) is 63.1 Å². The molecule has 2 aromatic carbocycles. The van der Waals surface area contributed by atoms with E-state index in [9.17, 15) is 13.2 Å². The summed E-state index contributed by atoms with van der Waals surface area (Å²) in [6, 6.07) is 18.4. The Bertz CT molecular complexity index is 1150. The number of rotatable bonds is 6. The number of carbonyl (C=O) groups is 1. The molecule has 2 heterocycles. The number of nitrogens with zero attached hydrogens (tertiary/aromatic N) is 2. The zero-order valence-corrected chi connectivity index (χ0v) is 19.2. The maximum Gasteiger partial charge on any atom is 0.243 e. The quantitative estimate of drug-likeness (QED) is 0.551. The van der Waals surface area contributed by atoms with Crippen molar-refractivity contribution in [3.8, 4) is 0 Å². The molecule has 0 radical (unpaired) electrons. The van der Waals surface area contributed by atoms with E-state index in [0.717, 1.165) is 16.8 Å². The molecule has 0 atom stereocenters. The number of amides is 1. The molecular formula is C25H28N2O4S. The van der Waals surface area contributed by atoms with Gasteiger partial charge >= 0.3 is 0 Å². The standard InChI is InChI=1S/C25H28N2O4S/c1-19-5-9-22(10-6-19)27(18-23-4-3-17-31-23)25(28)21-13-15-26(16-14-21)32(29,30)24-11-7-20(2)8-12-24/h3-12,17,21H,13-16,18H2,1-2H3. The van der Waals surface area contributed by atoms with E-state index < -0.39 is 10.0 Å². The second-order valence-electron chi connectivity index (χ2n) is 8.33. The van der Waals surface area contributed by atoms with Crippen LogP contribution in [0.3, 0.4) is 0 Å². The van der Waals surface area contributed by atoms with Crippen LogP contribution in [0.5, 0.6) is 0 Å². The van der Waals surface area contributed by atoms with Gasteiger partial charge in [0.1, 0.15) is 5.76 Å². The lowest BCUT2D eigenvalue weighted by Crippen LogP contribution is -2.44. The zero-order valence-electron chi connectivity index (χ0n) is 18.4. The summed E-state index contributed by atoms with van der Waals surface area (Å²) >= 11 is 0. The molecule has 0 unspecified atom stereocenters. The van der Waals surface area contributed by atoms with Crippen LogP contribution in [0, 0.1) is 19.8 Å². The van der Waals surface area contributed by atoms with Gasteiger partial charge in [0.2, 0.25) is 15.9 Å². The zero-order chi connectivity index (χ0) is 22.7. The Kier molecular flexibility index (Phi) is 6.48. The summed E-state index contributed by atoms with van der Waals surface area (Å²) in [5, 5.41) is 0. The Balaban J connectivity index is 1.48. The van der Waals surface area contributed by atoms with Crippen molar-refractivity contribution in [1.29, 1.82) is 0 Å². The highest BCUT2D eigenvalue weighted by atomic mass is 32.2. The number of hydrogen-bond donors (Lipinski definition) is 0. The van der Waals surface area contributed by atoms with E-state index in [2.05, 4.69) is 0 Å². The fraction of sp³-hybridized carbons (Fsp3) is 0.320. The van der Waals surface area contributed by atoms with Crippen LogP contribution >= 0.6 is 0 Å². The van der Waals surface area contributed by atoms with Crippen molar-refractivity contribution in [2.24, 2.45) is 5.92 Å². The van der Waals surface area contributed by atoms with Crippen LogP contribution in [0.4, 0.5) is 5.69 Å². The molecule has 1 aromatic heterocycles. The number of benzene rings is 2. The van der Waals surface area contributed by atoms with E-state index in [1.54, 1.807) is 35.4 Å². The number of sulfonamides is 1. The van der Waals surface area contributed by atoms with Crippen LogP contribution in [-0.2, 0) is 21.4 Å². The van der Waals surface area contributed by atoms with Gasteiger partial charge in [-0.2, -0.15) is 4.31 Å². The Morgan fingerprint density at radius 3 is 2.12 bits per heavy atom. The molecule has 1 aliphatic rings. The number of anilines is 1. The summed E-state index contributed by atoms with van der Waals surface area (Å²) in [6.45, 7) is 4.93. The van der Waals surface area contributed by atoms with Gasteiger partial charge in [-0.15, -0.1) is 0 Å². The number of piperidine rings is 1. The first-order chi connectivity index (χ1) is 15.3. The molecule has 168 valence electrons. The van der Waals surface area contributed by atoms with E-state index in [1.807, 2.05) is 50.2 Å². The topological polar surface area (TPSA) is 70.8 Å². The van der Waals surface area contributed by atoms with Crippen molar-refractivity contribution in [1.82, 2.24) is 4.31 Å². The van der Waals surface area contributed by atoms with Crippen LogP contribution in [-0.4, -0.2) is 31.7 Å². The van der Waals surface area contributed by atoms with Gasteiger partial charge in [0.05, 0.1) is 17.7 Å². The Morgan fingerprint density at radius 1 is 0.969 bits per heavy atom. The predicted octanol–water partition coefficient (Wildman–Crippen LogP) is 4.53. The molecule has 1 saturated heterocycles. The second-order valence-corrected chi connectivity index (χ2v) is 10.3. The molecule has 0 aliphatic carbocycles. The Morgan fingerprint density at radius 2 is 1.56 bits per heavy atom. The highest BCUT2D eigenvalue weighted by molar-refractivity contribution is 7.89. The lowest BCUT2D eigenvalue weighted by Gasteiger charge is -2.33. The number of hydrogen-bond acceptors (Lipinski definition) is 4. The largest absolute Gasteiger partial charge is 0.467 e. The summed E-state index contributed by atoms with van der Waals surface area (Å²) in [7, 11) is -3.55. The molecule has 6 nitrogen and oxygen atoms in total. The predicted molar refractivity (Wildman–Crippen MR) is 124 cm³/mol. The van der Waals surface area contributed by atoms with Crippen LogP contribution in [0.25, 0.3) is 0 Å². The molecule has 0 bridgehead atoms. The van der Waals surface area contributed by atoms with Crippen LogP contribution < -0.4 is 4.90 Å². The molecule has 3 aromatic rings. The third-order valence-corrected chi connectivity index (χ3v) is 7.88. The first kappa shape index (κ1) is 22.3. The fourth-order valence-corrected chi connectivity index (χ4v) is 5.47. The third-order valence-electron chi connectivity index (χ3n) is 5.97. The lowest BCUT2D eigenvalue weighted by molar-refractivity contribution is -0.123. The Labute approximate surface area is 189 Å². The highest BCUT2D eigenvalue weighted by Gasteiger charge is 2.34. The number of carbonyl (C=O) groups excluding carboxylic acids is 1. The van der Waals surface area contributed by atoms with E-state index in [1.165, 1.54) is 4.31 Å². The van der Waals surface area contributed by atoms with Crippen LogP contribution in [0.2, 0.25) is 0 Å². The molecule has 0 saturated carbocycles. The highest BCUT2D eigenvalue weighted by Crippen LogP contribution is 2.28. The summed E-state index contributed by atoms with van der Waals surface area (Å²) in [4.78, 5) is 15.5. The molecule has 32 heavy (non-hydrogen) atoms. The number of furan rings is 1. The van der Waals surface area contributed by atoms with Crippen LogP contribution in [0.1, 0.15) is 29.7 Å². The lowest BCUT2D eigenvalue weighted by atomic mass is 9.96. The minimum Gasteiger partial charge on any atom is -0.467 e. The minimum atomic E-state index is -3.55. The SMILES string of the molecule is Cc1ccc(N(Cc2ccco2)C(=O)C2CCN(S(=O)(=O)c3ccc(C)cc3)CC2)cc1. The molecular weight excluding hydrogens is 424 g/mol. The van der Waals surface area contributed by atoms with Gasteiger partial charge in [-0.1, -0.05) is 35.4 Å². The van der Waals surface area contributed by atoms with Gasteiger partial charge in [0.15, 0.2) is 0 Å². The molecule has 7 heteroatoms. The van der Waals surface area contributed by atoms with Crippen molar-refractivity contribution >= 4 is 21.6 Å². The maximum atomic E-state index is 13.5. The van der Waals surface area contributed by atoms with Gasteiger partial charge < -0.3 is 9.32 Å². The fourth-order valence-electron chi connectivity index (χ4n) is 4.00. The molecule has 4 rings (SSSR count). The monoisotopic (exact) mass is 452 g/mol. The maximum absolute atomic E-state index is 13.5. The van der Waals surface area contributed by atoms with Crippen LogP contribution in [0.15, 0.2) is 76.2 Å². The minimum absolute atomic E-state index is 0.00219. The van der Waals surface area contributed by atoms with Gasteiger partial charge in [-0.25, -0.2) is 8.42 Å². The third kappa shape index (κ3) is 4.79. The van der Waals surface area contributed by atoms with Crippen molar-refractivity contribution < 1.29 is 17.6 Å². The molecule has 0 spiro atoms.